The van der Waals surface area contributed by atoms with E-state index >= 15 is 0 Å². The van der Waals surface area contributed by atoms with Crippen molar-refractivity contribution in [3.05, 3.63) is 46.4 Å². The molecule has 2 aromatic rings. The maximum atomic E-state index is 11.8. The standard InChI is InChI=1S/C13H12N2O3/c1-3-8-6-5-7-9-10(8)15-12(16)11(14-9)13(17)18-4-2/h3,5-7H,1,4H2,2H3,(H,15,16). The number of fused-ring (bicyclic) bond motifs is 1. The highest BCUT2D eigenvalue weighted by atomic mass is 16.5. The molecule has 18 heavy (non-hydrogen) atoms. The summed E-state index contributed by atoms with van der Waals surface area (Å²) in [5, 5.41) is 0. The Hall–Kier alpha value is -2.43. The minimum atomic E-state index is -0.718. The molecule has 0 amide bonds. The lowest BCUT2D eigenvalue weighted by molar-refractivity contribution is 0.0517. The zero-order valence-corrected chi connectivity index (χ0v) is 9.90. The van der Waals surface area contributed by atoms with Gasteiger partial charge in [0.25, 0.3) is 5.56 Å². The Bertz CT molecular complexity index is 673. The van der Waals surface area contributed by atoms with E-state index < -0.39 is 11.5 Å². The Morgan fingerprint density at radius 3 is 3.00 bits per heavy atom. The predicted molar refractivity (Wildman–Crippen MR) is 68.4 cm³/mol. The van der Waals surface area contributed by atoms with Crippen LogP contribution < -0.4 is 5.56 Å². The van der Waals surface area contributed by atoms with Gasteiger partial charge in [0.2, 0.25) is 5.69 Å². The van der Waals surface area contributed by atoms with E-state index in [0.717, 1.165) is 5.56 Å². The molecule has 0 bridgehead atoms. The molecule has 1 N–H and O–H groups in total. The van der Waals surface area contributed by atoms with E-state index in [-0.39, 0.29) is 12.3 Å². The van der Waals surface area contributed by atoms with Gasteiger partial charge in [-0.15, -0.1) is 0 Å². The number of hydrogen-bond donors (Lipinski definition) is 1. The SMILES string of the molecule is C=Cc1cccc2nc(C(=O)OCC)c(=O)[nH]c12. The van der Waals surface area contributed by atoms with E-state index in [0.29, 0.717) is 11.0 Å². The quantitative estimate of drug-likeness (QED) is 0.835. The first kappa shape index (κ1) is 12.0. The molecule has 1 heterocycles. The van der Waals surface area contributed by atoms with Crippen LogP contribution in [0.1, 0.15) is 23.0 Å². The van der Waals surface area contributed by atoms with Gasteiger partial charge in [-0.05, 0) is 18.6 Å². The number of hydrogen-bond acceptors (Lipinski definition) is 4. The van der Waals surface area contributed by atoms with E-state index in [2.05, 4.69) is 16.5 Å². The van der Waals surface area contributed by atoms with Crippen molar-refractivity contribution in [1.82, 2.24) is 9.97 Å². The van der Waals surface area contributed by atoms with Crippen LogP contribution in [0.25, 0.3) is 17.1 Å². The summed E-state index contributed by atoms with van der Waals surface area (Å²) in [4.78, 5) is 30.0. The van der Waals surface area contributed by atoms with Gasteiger partial charge in [0, 0.05) is 0 Å². The number of carbonyl (C=O) groups is 1. The highest BCUT2D eigenvalue weighted by molar-refractivity contribution is 5.91. The van der Waals surface area contributed by atoms with Crippen molar-refractivity contribution in [3.63, 3.8) is 0 Å². The number of nitrogens with zero attached hydrogens (tertiary/aromatic N) is 1. The van der Waals surface area contributed by atoms with E-state index in [1.807, 2.05) is 0 Å². The Kier molecular flexibility index (Phi) is 3.23. The highest BCUT2D eigenvalue weighted by Crippen LogP contribution is 2.14. The van der Waals surface area contributed by atoms with Gasteiger partial charge in [0.15, 0.2) is 0 Å². The van der Waals surface area contributed by atoms with Gasteiger partial charge in [-0.2, -0.15) is 0 Å². The summed E-state index contributed by atoms with van der Waals surface area (Å²) in [5.74, 6) is -0.718. The lowest BCUT2D eigenvalue weighted by atomic mass is 10.1. The molecule has 0 fully saturated rings. The Labute approximate surface area is 103 Å². The van der Waals surface area contributed by atoms with Gasteiger partial charge >= 0.3 is 5.97 Å². The molecule has 92 valence electrons. The molecule has 0 unspecified atom stereocenters. The molecule has 0 saturated carbocycles. The van der Waals surface area contributed by atoms with Crippen LogP contribution in [-0.2, 0) is 4.74 Å². The summed E-state index contributed by atoms with van der Waals surface area (Å²) in [6, 6.07) is 5.29. The molecule has 1 aromatic heterocycles. The predicted octanol–water partition coefficient (Wildman–Crippen LogP) is 1.74. The van der Waals surface area contributed by atoms with Crippen LogP contribution in [0.2, 0.25) is 0 Å². The number of benzene rings is 1. The molecule has 0 aliphatic carbocycles. The number of ether oxygens (including phenoxy) is 1. The maximum Gasteiger partial charge on any atom is 0.362 e. The largest absolute Gasteiger partial charge is 0.461 e. The summed E-state index contributed by atoms with van der Waals surface area (Å²) >= 11 is 0. The van der Waals surface area contributed by atoms with Crippen LogP contribution in [0.4, 0.5) is 0 Å². The first-order valence-electron chi connectivity index (χ1n) is 5.50. The van der Waals surface area contributed by atoms with Crippen LogP contribution >= 0.6 is 0 Å². The molecular formula is C13H12N2O3. The second-order valence-electron chi connectivity index (χ2n) is 3.58. The molecule has 0 spiro atoms. The number of para-hydroxylation sites is 1. The number of carbonyl (C=O) groups excluding carboxylic acids is 1. The third-order valence-electron chi connectivity index (χ3n) is 2.45. The lowest BCUT2D eigenvalue weighted by Gasteiger charge is -2.04. The van der Waals surface area contributed by atoms with E-state index in [4.69, 9.17) is 4.74 Å². The van der Waals surface area contributed by atoms with Crippen molar-refractivity contribution in [3.8, 4) is 0 Å². The average Bonchev–Trinajstić information content (AvgIpc) is 2.37. The minimum absolute atomic E-state index is 0.199. The van der Waals surface area contributed by atoms with Gasteiger partial charge in [0.1, 0.15) is 0 Å². The number of aromatic nitrogens is 2. The maximum absolute atomic E-state index is 11.8. The van der Waals surface area contributed by atoms with Gasteiger partial charge in [-0.1, -0.05) is 24.8 Å². The second-order valence-corrected chi connectivity index (χ2v) is 3.58. The summed E-state index contributed by atoms with van der Waals surface area (Å²) in [5.41, 5.74) is 1.05. The first-order chi connectivity index (χ1) is 8.67. The van der Waals surface area contributed by atoms with Crippen molar-refractivity contribution in [1.29, 1.82) is 0 Å². The van der Waals surface area contributed by atoms with Crippen LogP contribution in [0.3, 0.4) is 0 Å². The molecule has 1 aromatic carbocycles. The molecule has 0 aliphatic heterocycles. The normalized spacial score (nSPS) is 10.3. The Balaban J connectivity index is 2.67. The fourth-order valence-electron chi connectivity index (χ4n) is 1.64. The summed E-state index contributed by atoms with van der Waals surface area (Å²) < 4.78 is 4.77. The van der Waals surface area contributed by atoms with E-state index in [1.54, 1.807) is 31.2 Å². The van der Waals surface area contributed by atoms with E-state index in [1.165, 1.54) is 0 Å². The number of esters is 1. The highest BCUT2D eigenvalue weighted by Gasteiger charge is 2.15. The number of rotatable bonds is 3. The smallest absolute Gasteiger partial charge is 0.362 e. The van der Waals surface area contributed by atoms with Crippen LogP contribution in [0.5, 0.6) is 0 Å². The molecule has 0 radical (unpaired) electrons. The molecule has 5 nitrogen and oxygen atoms in total. The second kappa shape index (κ2) is 4.83. The van der Waals surface area contributed by atoms with E-state index in [9.17, 15) is 9.59 Å². The van der Waals surface area contributed by atoms with Crippen LogP contribution in [0, 0.1) is 0 Å². The van der Waals surface area contributed by atoms with Crippen molar-refractivity contribution >= 4 is 23.1 Å². The summed E-state index contributed by atoms with van der Waals surface area (Å²) in [7, 11) is 0. The van der Waals surface area contributed by atoms with Crippen molar-refractivity contribution < 1.29 is 9.53 Å². The molecule has 0 atom stereocenters. The number of nitrogens with one attached hydrogen (secondary N) is 1. The van der Waals surface area contributed by atoms with Crippen LogP contribution in [-0.4, -0.2) is 22.5 Å². The average molecular weight is 244 g/mol. The van der Waals surface area contributed by atoms with Crippen molar-refractivity contribution in [2.75, 3.05) is 6.61 Å². The zero-order chi connectivity index (χ0) is 13.1. The summed E-state index contributed by atoms with van der Waals surface area (Å²) in [6.45, 7) is 5.52. The topological polar surface area (TPSA) is 72.0 Å². The number of H-pyrrole nitrogens is 1. The fourth-order valence-corrected chi connectivity index (χ4v) is 1.64. The zero-order valence-electron chi connectivity index (χ0n) is 9.90. The van der Waals surface area contributed by atoms with Crippen molar-refractivity contribution in [2.24, 2.45) is 0 Å². The first-order valence-corrected chi connectivity index (χ1v) is 5.50. The monoisotopic (exact) mass is 244 g/mol. The Morgan fingerprint density at radius 1 is 1.56 bits per heavy atom. The molecule has 2 rings (SSSR count). The molecule has 5 heteroatoms. The van der Waals surface area contributed by atoms with Gasteiger partial charge in [-0.3, -0.25) is 4.79 Å². The van der Waals surface area contributed by atoms with Gasteiger partial charge < -0.3 is 9.72 Å². The lowest BCUT2D eigenvalue weighted by Crippen LogP contribution is -2.22. The molecule has 0 aliphatic rings. The summed E-state index contributed by atoms with van der Waals surface area (Å²) in [6.07, 6.45) is 1.62. The molecular weight excluding hydrogens is 232 g/mol. The van der Waals surface area contributed by atoms with Crippen LogP contribution in [0.15, 0.2) is 29.6 Å². The number of aromatic amines is 1. The van der Waals surface area contributed by atoms with Crippen molar-refractivity contribution in [2.45, 2.75) is 6.92 Å². The molecule has 0 saturated heterocycles. The Morgan fingerprint density at radius 2 is 2.33 bits per heavy atom. The third kappa shape index (κ3) is 2.02. The third-order valence-corrected chi connectivity index (χ3v) is 2.45. The van der Waals surface area contributed by atoms with Gasteiger partial charge in [0.05, 0.1) is 17.6 Å². The minimum Gasteiger partial charge on any atom is -0.461 e. The van der Waals surface area contributed by atoms with Gasteiger partial charge in [-0.25, -0.2) is 9.78 Å². The fraction of sp³-hybridized carbons (Fsp3) is 0.154.